The molecular formula is C7H5I2NV. The fraction of sp³-hybridized carbons (Fsp3) is 0. The van der Waals surface area contributed by atoms with Crippen LogP contribution in [0.1, 0.15) is 5.56 Å². The summed E-state index contributed by atoms with van der Waals surface area (Å²) in [6, 6.07) is 11.2. The van der Waals surface area contributed by atoms with Crippen LogP contribution in [0.2, 0.25) is 0 Å². The summed E-state index contributed by atoms with van der Waals surface area (Å²) in [6.45, 7) is 0. The van der Waals surface area contributed by atoms with E-state index in [1.165, 1.54) is 0 Å². The van der Waals surface area contributed by atoms with Crippen LogP contribution in [0, 0.1) is 11.3 Å². The molecule has 11 heavy (non-hydrogen) atoms. The molecule has 4 heteroatoms. The van der Waals surface area contributed by atoms with E-state index >= 15 is 0 Å². The number of hydrogen-bond donors (Lipinski definition) is 0. The molecule has 0 fully saturated rings. The van der Waals surface area contributed by atoms with Crippen molar-refractivity contribution < 1.29 is 9.47 Å². The predicted molar refractivity (Wildman–Crippen MR) is 59.2 cm³/mol. The molecule has 0 saturated carbocycles. The Morgan fingerprint density at radius 3 is 1.91 bits per heavy atom. The van der Waals surface area contributed by atoms with Crippen molar-refractivity contribution >= 4 is 40.0 Å². The molecule has 0 aliphatic carbocycles. The first-order valence-corrected chi connectivity index (χ1v) is 11.7. The summed E-state index contributed by atoms with van der Waals surface area (Å²) < 4.78 is 0. The van der Waals surface area contributed by atoms with Gasteiger partial charge in [-0.25, -0.2) is 0 Å². The van der Waals surface area contributed by atoms with Gasteiger partial charge in [-0.05, 0) is 12.1 Å². The monoisotopic (exact) mass is 408 g/mol. The summed E-state index contributed by atoms with van der Waals surface area (Å²) in [7, 11) is 0.628. The van der Waals surface area contributed by atoms with Crippen LogP contribution in [0.4, 0.5) is 0 Å². The molecule has 0 aromatic heterocycles. The van der Waals surface area contributed by atoms with E-state index in [2.05, 4.69) is 40.0 Å². The van der Waals surface area contributed by atoms with Gasteiger partial charge >= 0.3 is 49.4 Å². The molecule has 0 spiro atoms. The van der Waals surface area contributed by atoms with Crippen LogP contribution in [-0.2, 0) is 9.47 Å². The summed E-state index contributed by atoms with van der Waals surface area (Å²) in [5.74, 6) is 0. The summed E-state index contributed by atoms with van der Waals surface area (Å²) in [6.07, 6.45) is 0. The van der Waals surface area contributed by atoms with Crippen LogP contribution < -0.4 is 0 Å². The molecule has 1 rings (SSSR count). The molecule has 0 saturated heterocycles. The fourth-order valence-electron chi connectivity index (χ4n) is 0.513. The van der Waals surface area contributed by atoms with E-state index in [-0.39, 0.29) is 0 Å². The predicted octanol–water partition coefficient (Wildman–Crippen LogP) is 3.33. The minimum absolute atomic E-state index is 0.628. The van der Waals surface area contributed by atoms with E-state index < -0.39 is 0 Å². The molecule has 0 aliphatic heterocycles. The molecule has 0 amide bonds. The summed E-state index contributed by atoms with van der Waals surface area (Å²) in [5, 5.41) is 8.29. The standard InChI is InChI=1S/C7H5N.2HI.V/c8-6-7-4-2-1-3-5-7;;;/h1-5H;2*1H;/q;;;+2/p-2. The molecule has 0 radical (unpaired) electrons. The van der Waals surface area contributed by atoms with Crippen LogP contribution in [0.25, 0.3) is 0 Å². The molecular weight excluding hydrogens is 403 g/mol. The SMILES string of the molecule is N#Cc1ccccc1.[I][V][I]. The van der Waals surface area contributed by atoms with Gasteiger partial charge in [-0.3, -0.25) is 0 Å². The molecule has 1 aromatic carbocycles. The molecule has 0 bridgehead atoms. The summed E-state index contributed by atoms with van der Waals surface area (Å²) >= 11 is 4.74. The summed E-state index contributed by atoms with van der Waals surface area (Å²) in [4.78, 5) is 0. The topological polar surface area (TPSA) is 23.8 Å². The van der Waals surface area contributed by atoms with Crippen LogP contribution in [0.15, 0.2) is 30.3 Å². The van der Waals surface area contributed by atoms with E-state index in [1.807, 2.05) is 24.3 Å². The van der Waals surface area contributed by atoms with Crippen LogP contribution in [-0.4, -0.2) is 0 Å². The molecule has 1 aromatic rings. The Hall–Kier alpha value is 0.754. The number of halogens is 2. The Morgan fingerprint density at radius 1 is 1.18 bits per heavy atom. The van der Waals surface area contributed by atoms with Crippen molar-refractivity contribution in [1.29, 1.82) is 5.26 Å². The zero-order valence-corrected chi connectivity index (χ0v) is 11.2. The zero-order chi connectivity index (χ0) is 8.53. The minimum atomic E-state index is 0.628. The Labute approximate surface area is 95.4 Å². The second kappa shape index (κ2) is 8.85. The van der Waals surface area contributed by atoms with Gasteiger partial charge < -0.3 is 0 Å². The second-order valence-electron chi connectivity index (χ2n) is 1.54. The first-order chi connectivity index (χ1) is 5.35. The van der Waals surface area contributed by atoms with E-state index in [4.69, 9.17) is 5.26 Å². The number of hydrogen-bond acceptors (Lipinski definition) is 1. The van der Waals surface area contributed by atoms with E-state index in [0.717, 1.165) is 0 Å². The number of benzene rings is 1. The first kappa shape index (κ1) is 11.8. The maximum atomic E-state index is 8.29. The third kappa shape index (κ3) is 7.13. The molecule has 0 heterocycles. The van der Waals surface area contributed by atoms with E-state index in [9.17, 15) is 0 Å². The van der Waals surface area contributed by atoms with E-state index in [1.54, 1.807) is 12.1 Å². The number of nitriles is 1. The van der Waals surface area contributed by atoms with Crippen molar-refractivity contribution in [2.24, 2.45) is 0 Å². The first-order valence-electron chi connectivity index (χ1n) is 2.72. The molecule has 0 unspecified atom stereocenters. The van der Waals surface area contributed by atoms with Gasteiger partial charge in [0.15, 0.2) is 0 Å². The molecule has 0 atom stereocenters. The fourth-order valence-corrected chi connectivity index (χ4v) is 0.513. The second-order valence-corrected chi connectivity index (χ2v) is 13.3. The Bertz CT molecular complexity index is 220. The van der Waals surface area contributed by atoms with Gasteiger partial charge in [0.1, 0.15) is 0 Å². The van der Waals surface area contributed by atoms with Gasteiger partial charge in [0.25, 0.3) is 0 Å². The van der Waals surface area contributed by atoms with Crippen LogP contribution in [0.3, 0.4) is 0 Å². The molecule has 0 N–H and O–H groups in total. The van der Waals surface area contributed by atoms with E-state index in [0.29, 0.717) is 15.0 Å². The van der Waals surface area contributed by atoms with Gasteiger partial charge in [0, 0.05) is 0 Å². The van der Waals surface area contributed by atoms with Crippen molar-refractivity contribution in [2.75, 3.05) is 0 Å². The van der Waals surface area contributed by atoms with Gasteiger partial charge in [-0.1, -0.05) is 18.2 Å². The zero-order valence-electron chi connectivity index (χ0n) is 5.54. The number of rotatable bonds is 0. The Morgan fingerprint density at radius 2 is 1.64 bits per heavy atom. The van der Waals surface area contributed by atoms with Gasteiger partial charge in [0.05, 0.1) is 11.6 Å². The normalized spacial score (nSPS) is 7.00. The Kier molecular flexibility index (Phi) is 9.45. The summed E-state index contributed by atoms with van der Waals surface area (Å²) in [5.41, 5.74) is 0.715. The maximum absolute atomic E-state index is 8.29. The van der Waals surface area contributed by atoms with Gasteiger partial charge in [0.2, 0.25) is 0 Å². The van der Waals surface area contributed by atoms with Crippen LogP contribution in [0.5, 0.6) is 0 Å². The third-order valence-electron chi connectivity index (χ3n) is 0.903. The van der Waals surface area contributed by atoms with Crippen molar-refractivity contribution in [3.63, 3.8) is 0 Å². The van der Waals surface area contributed by atoms with Gasteiger partial charge in [-0.2, -0.15) is 5.26 Å². The van der Waals surface area contributed by atoms with Crippen molar-refractivity contribution in [3.05, 3.63) is 35.9 Å². The number of nitrogens with zero attached hydrogens (tertiary/aromatic N) is 1. The molecule has 57 valence electrons. The van der Waals surface area contributed by atoms with Crippen molar-refractivity contribution in [1.82, 2.24) is 0 Å². The quantitative estimate of drug-likeness (QED) is 0.605. The average Bonchev–Trinajstić information content (AvgIpc) is 2.08. The van der Waals surface area contributed by atoms with Crippen molar-refractivity contribution in [2.45, 2.75) is 0 Å². The van der Waals surface area contributed by atoms with Gasteiger partial charge in [-0.15, -0.1) is 0 Å². The third-order valence-corrected chi connectivity index (χ3v) is 0.903. The van der Waals surface area contributed by atoms with Crippen LogP contribution >= 0.6 is 40.0 Å². The molecule has 1 nitrogen and oxygen atoms in total. The van der Waals surface area contributed by atoms with Crippen molar-refractivity contribution in [3.8, 4) is 6.07 Å². The average molecular weight is 408 g/mol. The molecule has 0 aliphatic rings. The Balaban J connectivity index is 0.000000292.